The van der Waals surface area contributed by atoms with E-state index in [1.165, 1.54) is 6.08 Å². The van der Waals surface area contributed by atoms with Crippen LogP contribution in [-0.2, 0) is 16.1 Å². The van der Waals surface area contributed by atoms with Crippen molar-refractivity contribution < 1.29 is 14.3 Å². The average Bonchev–Trinajstić information content (AvgIpc) is 2.95. The molecule has 8 heteroatoms. The molecule has 2 aromatic carbocycles. The van der Waals surface area contributed by atoms with Gasteiger partial charge in [-0.05, 0) is 75.4 Å². The number of pyridine rings is 1. The van der Waals surface area contributed by atoms with E-state index in [9.17, 15) is 14.4 Å². The highest BCUT2D eigenvalue weighted by Crippen LogP contribution is 2.40. The Morgan fingerprint density at radius 1 is 1.12 bits per heavy atom. The smallest absolute Gasteiger partial charge is 0.254 e. The summed E-state index contributed by atoms with van der Waals surface area (Å²) in [6.45, 7) is 13.5. The fourth-order valence-corrected chi connectivity index (χ4v) is 5.48. The number of benzene rings is 2. The Bertz CT molecular complexity index is 1460. The Morgan fingerprint density at radius 2 is 1.82 bits per heavy atom. The van der Waals surface area contributed by atoms with Crippen LogP contribution in [0.2, 0.25) is 0 Å². The minimum absolute atomic E-state index is 0.0525. The Hall–Kier alpha value is -4.17. The average molecular weight is 543 g/mol. The number of hydrogen-bond acceptors (Lipinski definition) is 5. The lowest BCUT2D eigenvalue weighted by Gasteiger charge is -2.37. The molecule has 1 fully saturated rings. The van der Waals surface area contributed by atoms with Gasteiger partial charge in [-0.2, -0.15) is 0 Å². The number of rotatable bonds is 9. The van der Waals surface area contributed by atoms with Gasteiger partial charge >= 0.3 is 0 Å². The van der Waals surface area contributed by atoms with Crippen molar-refractivity contribution in [2.75, 3.05) is 30.0 Å². The first kappa shape index (κ1) is 28.8. The molecule has 2 heterocycles. The number of nitrogens with zero attached hydrogens (tertiary/aromatic N) is 1. The Morgan fingerprint density at radius 3 is 2.45 bits per heavy atom. The number of carbonyl (C=O) groups is 2. The van der Waals surface area contributed by atoms with Crippen molar-refractivity contribution in [2.45, 2.75) is 53.1 Å². The second-order valence-electron chi connectivity index (χ2n) is 10.1. The third-order valence-electron chi connectivity index (χ3n) is 7.51. The van der Waals surface area contributed by atoms with Crippen LogP contribution in [0.25, 0.3) is 11.1 Å². The maximum absolute atomic E-state index is 14.0. The SMILES string of the molecule is C=CC(=O)Nc1c(-c2ccccc2)cc(N(CC)C2CCOCC2)c(C)c1C(=O)NCc1c(C)cc(C)[nH]c1=O. The Balaban J connectivity index is 1.88. The van der Waals surface area contributed by atoms with Crippen molar-refractivity contribution in [3.8, 4) is 11.1 Å². The molecule has 3 N–H and O–H groups in total. The fourth-order valence-electron chi connectivity index (χ4n) is 5.48. The van der Waals surface area contributed by atoms with E-state index in [4.69, 9.17) is 4.74 Å². The highest BCUT2D eigenvalue weighted by molar-refractivity contribution is 6.12. The largest absolute Gasteiger partial charge is 0.381 e. The standard InChI is InChI=1S/C32H38N4O4/c1-6-28(37)35-30-25(23-11-9-8-10-12-23)18-27(36(7-2)24-13-15-40-16-14-24)22(5)29(30)32(39)33-19-26-20(3)17-21(4)34-31(26)38/h6,8-12,17-18,24H,1,7,13-16,19H2,2-5H3,(H,33,39)(H,34,38)(H,35,37). The maximum atomic E-state index is 14.0. The number of amides is 2. The molecule has 4 rings (SSSR count). The van der Waals surface area contributed by atoms with E-state index in [1.807, 2.05) is 57.2 Å². The first-order valence-electron chi connectivity index (χ1n) is 13.7. The van der Waals surface area contributed by atoms with Crippen molar-refractivity contribution in [3.05, 3.63) is 93.4 Å². The van der Waals surface area contributed by atoms with Gasteiger partial charge in [0.1, 0.15) is 0 Å². The molecule has 0 atom stereocenters. The normalized spacial score (nSPS) is 13.5. The van der Waals surface area contributed by atoms with Crippen LogP contribution in [0.15, 0.2) is 59.9 Å². The first-order chi connectivity index (χ1) is 19.2. The summed E-state index contributed by atoms with van der Waals surface area (Å²) in [6.07, 6.45) is 2.97. The molecule has 0 aliphatic carbocycles. The second kappa shape index (κ2) is 12.8. The van der Waals surface area contributed by atoms with Gasteiger partial charge in [-0.3, -0.25) is 14.4 Å². The summed E-state index contributed by atoms with van der Waals surface area (Å²) in [6, 6.07) is 13.9. The van der Waals surface area contributed by atoms with E-state index in [0.717, 1.165) is 53.0 Å². The van der Waals surface area contributed by atoms with E-state index >= 15 is 0 Å². The molecule has 0 spiro atoms. The molecule has 1 aliphatic heterocycles. The molecule has 0 radical (unpaired) electrons. The maximum Gasteiger partial charge on any atom is 0.254 e. The van der Waals surface area contributed by atoms with Gasteiger partial charge in [0, 0.05) is 54.9 Å². The predicted molar refractivity (Wildman–Crippen MR) is 160 cm³/mol. The summed E-state index contributed by atoms with van der Waals surface area (Å²) in [5.74, 6) is -0.792. The molecule has 1 saturated heterocycles. The predicted octanol–water partition coefficient (Wildman–Crippen LogP) is 5.03. The molecule has 2 amide bonds. The van der Waals surface area contributed by atoms with E-state index in [1.54, 1.807) is 0 Å². The minimum Gasteiger partial charge on any atom is -0.381 e. The zero-order valence-corrected chi connectivity index (χ0v) is 23.7. The highest BCUT2D eigenvalue weighted by atomic mass is 16.5. The topological polar surface area (TPSA) is 104 Å². The van der Waals surface area contributed by atoms with Gasteiger partial charge in [-0.25, -0.2) is 0 Å². The minimum atomic E-state index is -0.416. The molecule has 0 saturated carbocycles. The van der Waals surface area contributed by atoms with Gasteiger partial charge in [-0.15, -0.1) is 0 Å². The number of anilines is 2. The van der Waals surface area contributed by atoms with Gasteiger partial charge in [0.25, 0.3) is 11.5 Å². The zero-order valence-electron chi connectivity index (χ0n) is 23.7. The highest BCUT2D eigenvalue weighted by Gasteiger charge is 2.28. The van der Waals surface area contributed by atoms with Crippen molar-refractivity contribution in [1.82, 2.24) is 10.3 Å². The third-order valence-corrected chi connectivity index (χ3v) is 7.51. The van der Waals surface area contributed by atoms with Crippen molar-refractivity contribution in [1.29, 1.82) is 0 Å². The second-order valence-corrected chi connectivity index (χ2v) is 10.1. The Labute approximate surface area is 235 Å². The summed E-state index contributed by atoms with van der Waals surface area (Å²) in [5.41, 5.74) is 5.87. The van der Waals surface area contributed by atoms with Gasteiger partial charge in [0.2, 0.25) is 5.91 Å². The molecule has 3 aromatic rings. The summed E-state index contributed by atoms with van der Waals surface area (Å²) in [7, 11) is 0. The first-order valence-corrected chi connectivity index (χ1v) is 13.7. The van der Waals surface area contributed by atoms with Crippen LogP contribution in [0.5, 0.6) is 0 Å². The van der Waals surface area contributed by atoms with E-state index in [-0.39, 0.29) is 24.1 Å². The van der Waals surface area contributed by atoms with Gasteiger partial charge in [0.05, 0.1) is 11.3 Å². The molecule has 1 aromatic heterocycles. The quantitative estimate of drug-likeness (QED) is 0.329. The molecule has 0 bridgehead atoms. The number of hydrogen-bond donors (Lipinski definition) is 3. The Kier molecular flexibility index (Phi) is 9.22. The number of aromatic amines is 1. The van der Waals surface area contributed by atoms with Crippen LogP contribution < -0.4 is 21.1 Å². The molecule has 0 unspecified atom stereocenters. The molecular weight excluding hydrogens is 504 g/mol. The number of aryl methyl sites for hydroxylation is 2. The number of H-pyrrole nitrogens is 1. The lowest BCUT2D eigenvalue weighted by Crippen LogP contribution is -2.40. The molecule has 1 aliphatic rings. The number of nitrogens with one attached hydrogen (secondary N) is 3. The molecule has 8 nitrogen and oxygen atoms in total. The van der Waals surface area contributed by atoms with Gasteiger partial charge in [-0.1, -0.05) is 36.9 Å². The van der Waals surface area contributed by atoms with E-state index in [2.05, 4.69) is 40.1 Å². The van der Waals surface area contributed by atoms with E-state index in [0.29, 0.717) is 30.0 Å². The number of carbonyl (C=O) groups excluding carboxylic acids is 2. The lowest BCUT2D eigenvalue weighted by molar-refractivity contribution is -0.111. The van der Waals surface area contributed by atoms with Crippen LogP contribution in [0.1, 0.15) is 52.5 Å². The van der Waals surface area contributed by atoms with Crippen molar-refractivity contribution >= 4 is 23.2 Å². The third kappa shape index (κ3) is 6.18. The summed E-state index contributed by atoms with van der Waals surface area (Å²) in [5, 5.41) is 5.87. The molecular formula is C32H38N4O4. The van der Waals surface area contributed by atoms with Crippen LogP contribution >= 0.6 is 0 Å². The van der Waals surface area contributed by atoms with Crippen LogP contribution in [-0.4, -0.2) is 42.6 Å². The molecule has 40 heavy (non-hydrogen) atoms. The van der Waals surface area contributed by atoms with Crippen molar-refractivity contribution in [2.24, 2.45) is 0 Å². The molecule has 210 valence electrons. The van der Waals surface area contributed by atoms with Crippen LogP contribution in [0, 0.1) is 20.8 Å². The van der Waals surface area contributed by atoms with Crippen LogP contribution in [0.4, 0.5) is 11.4 Å². The summed E-state index contributed by atoms with van der Waals surface area (Å²) >= 11 is 0. The summed E-state index contributed by atoms with van der Waals surface area (Å²) in [4.78, 5) is 44.4. The fraction of sp³-hybridized carbons (Fsp3) is 0.344. The van der Waals surface area contributed by atoms with Crippen molar-refractivity contribution in [3.63, 3.8) is 0 Å². The number of ether oxygens (including phenoxy) is 1. The van der Waals surface area contributed by atoms with E-state index < -0.39 is 5.91 Å². The van der Waals surface area contributed by atoms with Gasteiger partial charge < -0.3 is 25.3 Å². The zero-order chi connectivity index (χ0) is 28.8. The summed E-state index contributed by atoms with van der Waals surface area (Å²) < 4.78 is 5.62. The monoisotopic (exact) mass is 542 g/mol. The van der Waals surface area contributed by atoms with Gasteiger partial charge in [0.15, 0.2) is 0 Å². The lowest BCUT2D eigenvalue weighted by atomic mass is 9.92. The van der Waals surface area contributed by atoms with Crippen LogP contribution in [0.3, 0.4) is 0 Å². The number of aromatic nitrogens is 1.